The van der Waals surface area contributed by atoms with Crippen molar-refractivity contribution < 1.29 is 9.53 Å². The van der Waals surface area contributed by atoms with Crippen molar-refractivity contribution in [2.45, 2.75) is 19.9 Å². The maximum Gasteiger partial charge on any atom is 0.183 e. The summed E-state index contributed by atoms with van der Waals surface area (Å²) in [7, 11) is 3.34. The van der Waals surface area contributed by atoms with Gasteiger partial charge < -0.3 is 10.1 Å². The molecule has 0 aromatic heterocycles. The molecule has 1 atom stereocenters. The van der Waals surface area contributed by atoms with E-state index in [1.165, 1.54) is 0 Å². The number of nitrogens with one attached hydrogen (secondary N) is 1. The third-order valence-electron chi connectivity index (χ3n) is 2.45. The molecule has 0 spiro atoms. The predicted octanol–water partition coefficient (Wildman–Crippen LogP) is 1.79. The lowest BCUT2D eigenvalue weighted by molar-refractivity contribution is 0.0952. The molecule has 0 saturated carbocycles. The van der Waals surface area contributed by atoms with Crippen molar-refractivity contribution in [3.8, 4) is 5.75 Å². The first-order valence-electron chi connectivity index (χ1n) is 4.96. The fourth-order valence-electron chi connectivity index (χ4n) is 1.38. The van der Waals surface area contributed by atoms with Gasteiger partial charge in [0.25, 0.3) is 0 Å². The van der Waals surface area contributed by atoms with E-state index in [-0.39, 0.29) is 11.8 Å². The lowest BCUT2D eigenvalue weighted by atomic mass is 10.0. The zero-order valence-electron chi connectivity index (χ0n) is 9.63. The number of ketones is 1. The van der Waals surface area contributed by atoms with Crippen LogP contribution in [-0.4, -0.2) is 26.0 Å². The molecule has 0 bridgehead atoms. The lowest BCUT2D eigenvalue weighted by Crippen LogP contribution is -2.31. The van der Waals surface area contributed by atoms with Gasteiger partial charge in [0.1, 0.15) is 5.75 Å². The Labute approximate surface area is 90.4 Å². The maximum atomic E-state index is 12.0. The molecular weight excluding hydrogens is 190 g/mol. The zero-order chi connectivity index (χ0) is 11.4. The second-order valence-electron chi connectivity index (χ2n) is 3.58. The third kappa shape index (κ3) is 2.57. The van der Waals surface area contributed by atoms with E-state index in [4.69, 9.17) is 4.74 Å². The second kappa shape index (κ2) is 4.94. The minimum atomic E-state index is -0.194. The van der Waals surface area contributed by atoms with Crippen LogP contribution in [0.2, 0.25) is 0 Å². The van der Waals surface area contributed by atoms with Crippen LogP contribution in [-0.2, 0) is 0 Å². The van der Waals surface area contributed by atoms with E-state index in [1.54, 1.807) is 14.2 Å². The largest absolute Gasteiger partial charge is 0.496 e. The highest BCUT2D eigenvalue weighted by Gasteiger charge is 2.17. The quantitative estimate of drug-likeness (QED) is 0.765. The van der Waals surface area contributed by atoms with E-state index in [2.05, 4.69) is 5.32 Å². The molecule has 3 heteroatoms. The van der Waals surface area contributed by atoms with E-state index >= 15 is 0 Å². The number of aryl methyl sites for hydroxylation is 1. The summed E-state index contributed by atoms with van der Waals surface area (Å²) in [6.45, 7) is 3.80. The standard InChI is InChI=1S/C12H17NO2/c1-8-5-6-11(15-4)10(7-8)12(14)9(2)13-3/h5-7,9,13H,1-4H3. The van der Waals surface area contributed by atoms with Crippen molar-refractivity contribution in [3.05, 3.63) is 29.3 Å². The Hall–Kier alpha value is -1.35. The minimum Gasteiger partial charge on any atom is -0.496 e. The van der Waals surface area contributed by atoms with Gasteiger partial charge in [-0.1, -0.05) is 11.6 Å². The number of Topliss-reactive ketones (excluding diaryl/α,β-unsaturated/α-hetero) is 1. The summed E-state index contributed by atoms with van der Waals surface area (Å²) in [4.78, 5) is 12.0. The summed E-state index contributed by atoms with van der Waals surface area (Å²) >= 11 is 0. The summed E-state index contributed by atoms with van der Waals surface area (Å²) in [5.74, 6) is 0.686. The zero-order valence-corrected chi connectivity index (χ0v) is 9.63. The van der Waals surface area contributed by atoms with Crippen LogP contribution in [0.5, 0.6) is 5.75 Å². The van der Waals surface area contributed by atoms with Crippen molar-refractivity contribution in [3.63, 3.8) is 0 Å². The highest BCUT2D eigenvalue weighted by molar-refractivity contribution is 6.02. The molecule has 82 valence electrons. The molecule has 0 fully saturated rings. The van der Waals surface area contributed by atoms with Crippen LogP contribution in [0.15, 0.2) is 18.2 Å². The van der Waals surface area contributed by atoms with E-state index in [0.29, 0.717) is 11.3 Å². The van der Waals surface area contributed by atoms with Gasteiger partial charge in [0.15, 0.2) is 5.78 Å². The van der Waals surface area contributed by atoms with Gasteiger partial charge in [-0.2, -0.15) is 0 Å². The molecule has 1 rings (SSSR count). The normalized spacial score (nSPS) is 12.3. The SMILES string of the molecule is CNC(C)C(=O)c1cc(C)ccc1OC. The van der Waals surface area contributed by atoms with Crippen LogP contribution < -0.4 is 10.1 Å². The summed E-state index contributed by atoms with van der Waals surface area (Å²) in [5, 5.41) is 2.93. The fourth-order valence-corrected chi connectivity index (χ4v) is 1.38. The van der Waals surface area contributed by atoms with Gasteiger partial charge in [0.2, 0.25) is 0 Å². The molecule has 0 aliphatic heterocycles. The first kappa shape index (κ1) is 11.7. The van der Waals surface area contributed by atoms with E-state index in [9.17, 15) is 4.79 Å². The molecule has 0 heterocycles. The van der Waals surface area contributed by atoms with Gasteiger partial charge in [0.05, 0.1) is 18.7 Å². The van der Waals surface area contributed by atoms with Crippen molar-refractivity contribution in [2.75, 3.05) is 14.2 Å². The van der Waals surface area contributed by atoms with Gasteiger partial charge in [-0.05, 0) is 33.0 Å². The minimum absolute atomic E-state index is 0.0538. The van der Waals surface area contributed by atoms with Gasteiger partial charge >= 0.3 is 0 Å². The molecule has 1 aromatic carbocycles. The Kier molecular flexibility index (Phi) is 3.86. The van der Waals surface area contributed by atoms with Crippen LogP contribution in [0.4, 0.5) is 0 Å². The average Bonchev–Trinajstić information content (AvgIpc) is 2.27. The highest BCUT2D eigenvalue weighted by Crippen LogP contribution is 2.21. The van der Waals surface area contributed by atoms with Gasteiger partial charge in [-0.15, -0.1) is 0 Å². The molecule has 0 aliphatic carbocycles. The Morgan fingerprint density at radius 2 is 2.13 bits per heavy atom. The molecule has 15 heavy (non-hydrogen) atoms. The van der Waals surface area contributed by atoms with Crippen LogP contribution in [0.1, 0.15) is 22.8 Å². The number of benzene rings is 1. The van der Waals surface area contributed by atoms with Crippen molar-refractivity contribution in [1.82, 2.24) is 5.32 Å². The number of carbonyl (C=O) groups is 1. The van der Waals surface area contributed by atoms with Crippen LogP contribution in [0.3, 0.4) is 0 Å². The highest BCUT2D eigenvalue weighted by atomic mass is 16.5. The second-order valence-corrected chi connectivity index (χ2v) is 3.58. The first-order valence-corrected chi connectivity index (χ1v) is 4.96. The van der Waals surface area contributed by atoms with Crippen LogP contribution in [0, 0.1) is 6.92 Å². The van der Waals surface area contributed by atoms with Crippen molar-refractivity contribution in [2.24, 2.45) is 0 Å². The number of likely N-dealkylation sites (N-methyl/N-ethyl adjacent to an activating group) is 1. The third-order valence-corrected chi connectivity index (χ3v) is 2.45. The van der Waals surface area contributed by atoms with E-state index in [1.807, 2.05) is 32.0 Å². The van der Waals surface area contributed by atoms with E-state index < -0.39 is 0 Å². The number of hydrogen-bond acceptors (Lipinski definition) is 3. The van der Waals surface area contributed by atoms with Gasteiger partial charge in [0, 0.05) is 0 Å². The monoisotopic (exact) mass is 207 g/mol. The Morgan fingerprint density at radius 3 is 2.67 bits per heavy atom. The van der Waals surface area contributed by atoms with E-state index in [0.717, 1.165) is 5.56 Å². The lowest BCUT2D eigenvalue weighted by Gasteiger charge is -2.12. The van der Waals surface area contributed by atoms with Gasteiger partial charge in [-0.25, -0.2) is 0 Å². The number of rotatable bonds is 4. The van der Waals surface area contributed by atoms with Crippen molar-refractivity contribution in [1.29, 1.82) is 0 Å². The number of hydrogen-bond donors (Lipinski definition) is 1. The number of carbonyl (C=O) groups excluding carboxylic acids is 1. The maximum absolute atomic E-state index is 12.0. The number of ether oxygens (including phenoxy) is 1. The smallest absolute Gasteiger partial charge is 0.183 e. The molecule has 1 aromatic rings. The molecule has 0 saturated heterocycles. The van der Waals surface area contributed by atoms with Gasteiger partial charge in [-0.3, -0.25) is 4.79 Å². The molecule has 1 unspecified atom stereocenters. The fraction of sp³-hybridized carbons (Fsp3) is 0.417. The summed E-state index contributed by atoms with van der Waals surface area (Å²) in [6.07, 6.45) is 0. The Morgan fingerprint density at radius 1 is 1.47 bits per heavy atom. The average molecular weight is 207 g/mol. The first-order chi connectivity index (χ1) is 7.10. The predicted molar refractivity (Wildman–Crippen MR) is 60.6 cm³/mol. The number of methoxy groups -OCH3 is 1. The molecular formula is C12H17NO2. The molecule has 0 amide bonds. The summed E-state index contributed by atoms with van der Waals surface area (Å²) in [5.41, 5.74) is 1.70. The van der Waals surface area contributed by atoms with Crippen LogP contribution in [0.25, 0.3) is 0 Å². The van der Waals surface area contributed by atoms with Crippen LogP contribution >= 0.6 is 0 Å². The molecule has 3 nitrogen and oxygen atoms in total. The Bertz CT molecular complexity index is 361. The summed E-state index contributed by atoms with van der Waals surface area (Å²) < 4.78 is 5.17. The summed E-state index contributed by atoms with van der Waals surface area (Å²) in [6, 6.07) is 5.42. The van der Waals surface area contributed by atoms with Crippen molar-refractivity contribution >= 4 is 5.78 Å². The molecule has 0 aliphatic rings. The Balaban J connectivity index is 3.11. The molecule has 1 N–H and O–H groups in total. The molecule has 0 radical (unpaired) electrons. The topological polar surface area (TPSA) is 38.3 Å².